The second-order valence-corrected chi connectivity index (χ2v) is 6.15. The number of nitrogens with zero attached hydrogens (tertiary/aromatic N) is 1. The summed E-state index contributed by atoms with van der Waals surface area (Å²) in [6, 6.07) is 0. The van der Waals surface area contributed by atoms with Gasteiger partial charge in [-0.05, 0) is 34.0 Å². The molecule has 0 aromatic rings. The van der Waals surface area contributed by atoms with Crippen LogP contribution in [0.5, 0.6) is 0 Å². The zero-order valence-corrected chi connectivity index (χ0v) is 10.5. The largest absolute Gasteiger partial charge is 0.395 e. The molecule has 2 nitrogen and oxygen atoms in total. The van der Waals surface area contributed by atoms with E-state index in [-0.39, 0.29) is 3.42 Å². The third kappa shape index (κ3) is 6.20. The fraction of sp³-hybridized carbons (Fsp3) is 1.00. The molecule has 0 amide bonds. The Morgan fingerprint density at radius 2 is 1.58 bits per heavy atom. The predicted molar refractivity (Wildman–Crippen MR) is 61.9 cm³/mol. The van der Waals surface area contributed by atoms with E-state index in [4.69, 9.17) is 5.11 Å². The van der Waals surface area contributed by atoms with Crippen LogP contribution < -0.4 is 0 Å². The highest BCUT2D eigenvalue weighted by Gasteiger charge is 2.29. The van der Waals surface area contributed by atoms with E-state index >= 15 is 0 Å². The van der Waals surface area contributed by atoms with Crippen molar-refractivity contribution in [2.45, 2.75) is 29.1 Å². The zero-order chi connectivity index (χ0) is 9.61. The molecule has 1 N–H and O–H groups in total. The van der Waals surface area contributed by atoms with Gasteiger partial charge in [0, 0.05) is 3.42 Å². The molecular formula is C9H20INO. The van der Waals surface area contributed by atoms with Crippen LogP contribution in [0.25, 0.3) is 0 Å². The molecule has 1 aliphatic rings. The summed E-state index contributed by atoms with van der Waals surface area (Å²) in [5, 5.41) is 8.82. The Balaban J connectivity index is 0.000000261. The summed E-state index contributed by atoms with van der Waals surface area (Å²) in [5.74, 6) is 0. The molecule has 0 bridgehead atoms. The van der Waals surface area contributed by atoms with Crippen LogP contribution in [0.1, 0.15) is 25.7 Å². The second kappa shape index (κ2) is 6.16. The van der Waals surface area contributed by atoms with E-state index in [1.807, 2.05) is 26.0 Å². The van der Waals surface area contributed by atoms with Gasteiger partial charge >= 0.3 is 0 Å². The minimum absolute atomic E-state index is 0.262. The number of halogens is 1. The SMILES string of the molecule is CN(C)C.OCC1(I)CCCC1. The van der Waals surface area contributed by atoms with Crippen LogP contribution in [0.15, 0.2) is 0 Å². The van der Waals surface area contributed by atoms with Gasteiger partial charge in [0.15, 0.2) is 0 Å². The summed E-state index contributed by atoms with van der Waals surface area (Å²) in [7, 11) is 6.00. The zero-order valence-electron chi connectivity index (χ0n) is 8.31. The minimum Gasteiger partial charge on any atom is -0.395 e. The molecule has 1 saturated carbocycles. The van der Waals surface area contributed by atoms with Crippen molar-refractivity contribution in [3.05, 3.63) is 0 Å². The smallest absolute Gasteiger partial charge is 0.0577 e. The van der Waals surface area contributed by atoms with Crippen molar-refractivity contribution in [2.75, 3.05) is 27.7 Å². The van der Waals surface area contributed by atoms with E-state index in [0.717, 1.165) is 0 Å². The van der Waals surface area contributed by atoms with E-state index < -0.39 is 0 Å². The van der Waals surface area contributed by atoms with Crippen molar-refractivity contribution in [2.24, 2.45) is 0 Å². The topological polar surface area (TPSA) is 23.5 Å². The Morgan fingerprint density at radius 3 is 1.75 bits per heavy atom. The second-order valence-electron chi connectivity index (χ2n) is 3.86. The molecule has 0 aliphatic heterocycles. The Kier molecular flexibility index (Phi) is 6.49. The monoisotopic (exact) mass is 285 g/mol. The molecule has 0 heterocycles. The number of rotatable bonds is 1. The third-order valence-electron chi connectivity index (χ3n) is 1.78. The Hall–Kier alpha value is 0.650. The molecule has 1 rings (SSSR count). The molecule has 1 fully saturated rings. The molecule has 74 valence electrons. The van der Waals surface area contributed by atoms with Crippen LogP contribution in [0.2, 0.25) is 0 Å². The Labute approximate surface area is 89.5 Å². The van der Waals surface area contributed by atoms with Gasteiger partial charge in [-0.2, -0.15) is 0 Å². The summed E-state index contributed by atoms with van der Waals surface area (Å²) >= 11 is 2.38. The molecular weight excluding hydrogens is 265 g/mol. The van der Waals surface area contributed by atoms with Crippen molar-refractivity contribution in [3.8, 4) is 0 Å². The van der Waals surface area contributed by atoms with Crippen molar-refractivity contribution in [1.29, 1.82) is 0 Å². The van der Waals surface area contributed by atoms with E-state index in [0.29, 0.717) is 6.61 Å². The minimum atomic E-state index is 0.262. The van der Waals surface area contributed by atoms with Crippen molar-refractivity contribution < 1.29 is 5.11 Å². The van der Waals surface area contributed by atoms with Crippen LogP contribution in [0, 0.1) is 0 Å². The van der Waals surface area contributed by atoms with Gasteiger partial charge in [-0.1, -0.05) is 35.4 Å². The lowest BCUT2D eigenvalue weighted by atomic mass is 10.1. The van der Waals surface area contributed by atoms with Crippen molar-refractivity contribution in [3.63, 3.8) is 0 Å². The highest BCUT2D eigenvalue weighted by Crippen LogP contribution is 2.37. The first-order valence-electron chi connectivity index (χ1n) is 4.41. The fourth-order valence-corrected chi connectivity index (χ4v) is 1.93. The number of hydrogen-bond donors (Lipinski definition) is 1. The first-order chi connectivity index (χ1) is 5.50. The first kappa shape index (κ1) is 12.7. The van der Waals surface area contributed by atoms with Gasteiger partial charge in [0.25, 0.3) is 0 Å². The van der Waals surface area contributed by atoms with E-state index in [2.05, 4.69) is 22.6 Å². The summed E-state index contributed by atoms with van der Waals surface area (Å²) in [5.41, 5.74) is 0. The normalized spacial score (nSPS) is 20.5. The summed E-state index contributed by atoms with van der Waals surface area (Å²) in [4.78, 5) is 2.00. The molecule has 3 heteroatoms. The maximum atomic E-state index is 8.82. The molecule has 0 unspecified atom stereocenters. The average Bonchev–Trinajstić information content (AvgIpc) is 2.36. The first-order valence-corrected chi connectivity index (χ1v) is 5.49. The summed E-state index contributed by atoms with van der Waals surface area (Å²) in [6.07, 6.45) is 5.04. The van der Waals surface area contributed by atoms with Crippen LogP contribution in [0.3, 0.4) is 0 Å². The van der Waals surface area contributed by atoms with Crippen LogP contribution in [0.4, 0.5) is 0 Å². The third-order valence-corrected chi connectivity index (χ3v) is 3.20. The van der Waals surface area contributed by atoms with E-state index in [1.165, 1.54) is 25.7 Å². The summed E-state index contributed by atoms with van der Waals surface area (Å²) < 4.78 is 0.262. The molecule has 0 radical (unpaired) electrons. The predicted octanol–water partition coefficient (Wildman–Crippen LogP) is 1.90. The van der Waals surface area contributed by atoms with Crippen LogP contribution in [-0.2, 0) is 0 Å². The lowest BCUT2D eigenvalue weighted by molar-refractivity contribution is 0.258. The lowest BCUT2D eigenvalue weighted by Crippen LogP contribution is -2.19. The van der Waals surface area contributed by atoms with Gasteiger partial charge in [-0.25, -0.2) is 0 Å². The molecule has 0 aromatic carbocycles. The van der Waals surface area contributed by atoms with Gasteiger partial charge in [-0.3, -0.25) is 0 Å². The molecule has 1 aliphatic carbocycles. The molecule has 0 atom stereocenters. The summed E-state index contributed by atoms with van der Waals surface area (Å²) in [6.45, 7) is 0.369. The molecule has 0 saturated heterocycles. The van der Waals surface area contributed by atoms with Gasteiger partial charge in [0.05, 0.1) is 6.61 Å². The number of aliphatic hydroxyl groups excluding tert-OH is 1. The van der Waals surface area contributed by atoms with Crippen LogP contribution in [-0.4, -0.2) is 41.2 Å². The van der Waals surface area contributed by atoms with Crippen molar-refractivity contribution >= 4 is 22.6 Å². The lowest BCUT2D eigenvalue weighted by Gasteiger charge is -2.15. The molecule has 0 aromatic heterocycles. The van der Waals surface area contributed by atoms with Crippen molar-refractivity contribution in [1.82, 2.24) is 4.90 Å². The number of hydrogen-bond acceptors (Lipinski definition) is 2. The number of alkyl halides is 1. The Morgan fingerprint density at radius 1 is 1.25 bits per heavy atom. The van der Waals surface area contributed by atoms with E-state index in [1.54, 1.807) is 0 Å². The maximum Gasteiger partial charge on any atom is 0.0577 e. The van der Waals surface area contributed by atoms with E-state index in [9.17, 15) is 0 Å². The number of aliphatic hydroxyl groups is 1. The van der Waals surface area contributed by atoms with Gasteiger partial charge in [0.1, 0.15) is 0 Å². The van der Waals surface area contributed by atoms with Crippen LogP contribution >= 0.6 is 22.6 Å². The average molecular weight is 285 g/mol. The standard InChI is InChI=1S/C6H11IO.C3H9N/c7-6(5-8)3-1-2-4-6;1-4(2)3/h8H,1-5H2;1-3H3. The maximum absolute atomic E-state index is 8.82. The quantitative estimate of drug-likeness (QED) is 0.587. The molecule has 0 spiro atoms. The highest BCUT2D eigenvalue weighted by atomic mass is 127. The van der Waals surface area contributed by atoms with Gasteiger partial charge in [-0.15, -0.1) is 0 Å². The highest BCUT2D eigenvalue weighted by molar-refractivity contribution is 14.1. The van der Waals surface area contributed by atoms with Gasteiger partial charge < -0.3 is 10.0 Å². The molecule has 12 heavy (non-hydrogen) atoms. The Bertz CT molecular complexity index is 108. The van der Waals surface area contributed by atoms with Gasteiger partial charge in [0.2, 0.25) is 0 Å². The fourth-order valence-electron chi connectivity index (χ4n) is 1.17.